The highest BCUT2D eigenvalue weighted by Gasteiger charge is 2.19. The van der Waals surface area contributed by atoms with Crippen LogP contribution in [0.1, 0.15) is 5.56 Å². The van der Waals surface area contributed by atoms with Crippen LogP contribution in [0.4, 0.5) is 5.69 Å². The fourth-order valence-electron chi connectivity index (χ4n) is 3.36. The predicted molar refractivity (Wildman–Crippen MR) is 102 cm³/mol. The molecule has 25 heavy (non-hydrogen) atoms. The first kappa shape index (κ1) is 14.3. The molecule has 120 valence electrons. The van der Waals surface area contributed by atoms with Gasteiger partial charge in [-0.2, -0.15) is 0 Å². The van der Waals surface area contributed by atoms with Crippen LogP contribution in [0.2, 0.25) is 5.02 Å². The zero-order valence-electron chi connectivity index (χ0n) is 13.0. The van der Waals surface area contributed by atoms with Crippen molar-refractivity contribution in [2.45, 2.75) is 0 Å². The monoisotopic (exact) mass is 345 g/mol. The van der Waals surface area contributed by atoms with E-state index in [0.29, 0.717) is 5.02 Å². The predicted octanol–water partition coefficient (Wildman–Crippen LogP) is 4.70. The summed E-state index contributed by atoms with van der Waals surface area (Å²) in [6, 6.07) is 19.3. The minimum Gasteiger partial charge on any atom is -0.305 e. The summed E-state index contributed by atoms with van der Waals surface area (Å²) in [5.74, 6) is 0. The summed E-state index contributed by atoms with van der Waals surface area (Å²) >= 11 is 6.01. The molecule has 0 saturated heterocycles. The van der Waals surface area contributed by atoms with Gasteiger partial charge in [0.15, 0.2) is 0 Å². The van der Waals surface area contributed by atoms with Gasteiger partial charge in [-0.05, 0) is 29.8 Å². The van der Waals surface area contributed by atoms with Gasteiger partial charge < -0.3 is 4.98 Å². The van der Waals surface area contributed by atoms with Gasteiger partial charge in [0.05, 0.1) is 22.4 Å². The summed E-state index contributed by atoms with van der Waals surface area (Å²) < 4.78 is 1.70. The van der Waals surface area contributed by atoms with E-state index < -0.39 is 0 Å². The summed E-state index contributed by atoms with van der Waals surface area (Å²) in [4.78, 5) is 20.2. The highest BCUT2D eigenvalue weighted by molar-refractivity contribution is 6.30. The minimum atomic E-state index is -0.164. The highest BCUT2D eigenvalue weighted by Crippen LogP contribution is 2.38. The van der Waals surface area contributed by atoms with Gasteiger partial charge in [0.1, 0.15) is 0 Å². The molecule has 0 aliphatic carbocycles. The SMILES string of the molecule is O=c1[nH]c2cccc3c2n1-c1cccc(-c2ccc(Cl)cc2)c1N=C3. The van der Waals surface area contributed by atoms with E-state index in [1.807, 2.05) is 66.9 Å². The number of nitrogens with one attached hydrogen (secondary N) is 1. The Morgan fingerprint density at radius 2 is 1.76 bits per heavy atom. The van der Waals surface area contributed by atoms with E-state index in [1.165, 1.54) is 0 Å². The number of hydrogen-bond acceptors (Lipinski definition) is 2. The van der Waals surface area contributed by atoms with Crippen molar-refractivity contribution in [3.63, 3.8) is 0 Å². The average molecular weight is 346 g/mol. The maximum Gasteiger partial charge on any atom is 0.331 e. The van der Waals surface area contributed by atoms with Crippen LogP contribution < -0.4 is 5.69 Å². The summed E-state index contributed by atoms with van der Waals surface area (Å²) in [5, 5.41) is 0.685. The standard InChI is InChI=1S/C20H12ClN3O/c21-14-9-7-12(8-10-14)15-4-2-6-17-18(15)22-11-13-3-1-5-16-19(13)24(17)20(25)23-16/h1-11H,(H,23,25). The molecule has 1 aliphatic heterocycles. The number of aromatic amines is 1. The highest BCUT2D eigenvalue weighted by atomic mass is 35.5. The zero-order valence-corrected chi connectivity index (χ0v) is 13.8. The molecule has 0 atom stereocenters. The summed E-state index contributed by atoms with van der Waals surface area (Å²) in [6.45, 7) is 0. The first-order valence-electron chi connectivity index (χ1n) is 7.89. The Labute approximate surface area is 148 Å². The van der Waals surface area contributed by atoms with Gasteiger partial charge in [0.2, 0.25) is 0 Å². The van der Waals surface area contributed by atoms with Crippen molar-refractivity contribution in [2.24, 2.45) is 4.99 Å². The second-order valence-corrected chi connectivity index (χ2v) is 6.38. The van der Waals surface area contributed by atoms with E-state index in [-0.39, 0.29) is 5.69 Å². The third-order valence-electron chi connectivity index (χ3n) is 4.48. The normalized spacial score (nSPS) is 12.2. The van der Waals surface area contributed by atoms with Gasteiger partial charge >= 0.3 is 5.69 Å². The Morgan fingerprint density at radius 3 is 2.60 bits per heavy atom. The van der Waals surface area contributed by atoms with Crippen LogP contribution in [0.15, 0.2) is 70.5 Å². The number of rotatable bonds is 1. The Balaban J connectivity index is 1.87. The van der Waals surface area contributed by atoms with E-state index >= 15 is 0 Å². The van der Waals surface area contributed by atoms with Crippen LogP contribution in [0, 0.1) is 0 Å². The first-order valence-corrected chi connectivity index (χ1v) is 8.27. The molecule has 0 spiro atoms. The number of halogens is 1. The van der Waals surface area contributed by atoms with E-state index in [2.05, 4.69) is 4.98 Å². The minimum absolute atomic E-state index is 0.164. The molecule has 2 heterocycles. The number of fused-ring (bicyclic) bond motifs is 2. The lowest BCUT2D eigenvalue weighted by Crippen LogP contribution is -2.14. The van der Waals surface area contributed by atoms with E-state index in [9.17, 15) is 4.79 Å². The third kappa shape index (κ3) is 2.08. The molecular formula is C20H12ClN3O. The molecule has 1 aromatic heterocycles. The quantitative estimate of drug-likeness (QED) is 0.470. The van der Waals surface area contributed by atoms with Gasteiger partial charge in [-0.1, -0.05) is 48.0 Å². The van der Waals surface area contributed by atoms with Crippen LogP contribution in [0.5, 0.6) is 0 Å². The molecule has 0 amide bonds. The Hall–Kier alpha value is -3.11. The maximum atomic E-state index is 12.6. The molecule has 5 heteroatoms. The molecule has 0 saturated carbocycles. The number of imidazole rings is 1. The Bertz CT molecular complexity index is 1220. The van der Waals surface area contributed by atoms with Crippen molar-refractivity contribution in [3.05, 3.63) is 81.7 Å². The van der Waals surface area contributed by atoms with Crippen molar-refractivity contribution in [2.75, 3.05) is 0 Å². The van der Waals surface area contributed by atoms with Crippen molar-refractivity contribution in [1.29, 1.82) is 0 Å². The molecule has 0 unspecified atom stereocenters. The lowest BCUT2D eigenvalue weighted by molar-refractivity contribution is 1.02. The third-order valence-corrected chi connectivity index (χ3v) is 4.73. The second-order valence-electron chi connectivity index (χ2n) is 5.95. The largest absolute Gasteiger partial charge is 0.331 e. The van der Waals surface area contributed by atoms with Crippen LogP contribution in [0.3, 0.4) is 0 Å². The van der Waals surface area contributed by atoms with Crippen LogP contribution in [0.25, 0.3) is 27.8 Å². The van der Waals surface area contributed by atoms with Gasteiger partial charge in [-0.15, -0.1) is 0 Å². The molecule has 3 aromatic carbocycles. The molecule has 0 bridgehead atoms. The van der Waals surface area contributed by atoms with Gasteiger partial charge in [-0.25, -0.2) is 4.79 Å². The number of para-hydroxylation sites is 2. The fraction of sp³-hybridized carbons (Fsp3) is 0. The van der Waals surface area contributed by atoms with Crippen molar-refractivity contribution in [3.8, 4) is 16.8 Å². The van der Waals surface area contributed by atoms with Crippen molar-refractivity contribution in [1.82, 2.24) is 9.55 Å². The van der Waals surface area contributed by atoms with Crippen molar-refractivity contribution >= 4 is 34.5 Å². The van der Waals surface area contributed by atoms with E-state index in [4.69, 9.17) is 16.6 Å². The lowest BCUT2D eigenvalue weighted by atomic mass is 10.0. The molecule has 0 fully saturated rings. The topological polar surface area (TPSA) is 50.1 Å². The van der Waals surface area contributed by atoms with Gasteiger partial charge in [-0.3, -0.25) is 9.56 Å². The summed E-state index contributed by atoms with van der Waals surface area (Å²) in [5.41, 5.74) is 5.90. The Morgan fingerprint density at radius 1 is 0.960 bits per heavy atom. The molecule has 1 aliphatic rings. The fourth-order valence-corrected chi connectivity index (χ4v) is 3.49. The zero-order chi connectivity index (χ0) is 17.0. The summed E-state index contributed by atoms with van der Waals surface area (Å²) in [6.07, 6.45) is 1.82. The Kier molecular flexibility index (Phi) is 2.96. The second kappa shape index (κ2) is 5.19. The number of aromatic nitrogens is 2. The molecule has 0 radical (unpaired) electrons. The number of aliphatic imine (C=N–C) groups is 1. The number of H-pyrrole nitrogens is 1. The molecule has 5 rings (SSSR count). The number of benzene rings is 3. The van der Waals surface area contributed by atoms with Crippen LogP contribution in [-0.4, -0.2) is 15.8 Å². The molecule has 1 N–H and O–H groups in total. The number of nitrogens with zero attached hydrogens (tertiary/aromatic N) is 2. The molecule has 4 nitrogen and oxygen atoms in total. The average Bonchev–Trinajstić information content (AvgIpc) is 2.85. The summed E-state index contributed by atoms with van der Waals surface area (Å²) in [7, 11) is 0. The van der Waals surface area contributed by atoms with E-state index in [1.54, 1.807) is 4.57 Å². The lowest BCUT2D eigenvalue weighted by Gasteiger charge is -2.11. The molecular weight excluding hydrogens is 334 g/mol. The van der Waals surface area contributed by atoms with Crippen LogP contribution in [-0.2, 0) is 0 Å². The first-order chi connectivity index (χ1) is 12.2. The number of hydrogen-bond donors (Lipinski definition) is 1. The van der Waals surface area contributed by atoms with Crippen LogP contribution >= 0.6 is 11.6 Å². The van der Waals surface area contributed by atoms with Gasteiger partial charge in [0, 0.05) is 22.4 Å². The molecule has 4 aromatic rings. The van der Waals surface area contributed by atoms with E-state index in [0.717, 1.165) is 39.1 Å². The van der Waals surface area contributed by atoms with Gasteiger partial charge in [0.25, 0.3) is 0 Å². The maximum absolute atomic E-state index is 12.6. The smallest absolute Gasteiger partial charge is 0.305 e. The van der Waals surface area contributed by atoms with Crippen molar-refractivity contribution < 1.29 is 0 Å².